The molecule has 2 unspecified atom stereocenters. The van der Waals surface area contributed by atoms with E-state index in [0.717, 1.165) is 9.37 Å². The quantitative estimate of drug-likeness (QED) is 0.451. The molecule has 3 aromatic rings. The lowest BCUT2D eigenvalue weighted by atomic mass is 9.84. The zero-order valence-corrected chi connectivity index (χ0v) is 20.5. The summed E-state index contributed by atoms with van der Waals surface area (Å²) in [5, 5.41) is 2.71. The molecule has 2 aromatic heterocycles. The second-order valence-electron chi connectivity index (χ2n) is 8.06. The Morgan fingerprint density at radius 3 is 2.53 bits per heavy atom. The van der Waals surface area contributed by atoms with Gasteiger partial charge in [0.05, 0.1) is 23.4 Å². The highest BCUT2D eigenvalue weighted by Crippen LogP contribution is 2.34. The number of fused-ring (bicyclic) bond motifs is 2. The molecule has 2 aliphatic heterocycles. The minimum absolute atomic E-state index is 0.0259. The van der Waals surface area contributed by atoms with Crippen molar-refractivity contribution in [1.29, 1.82) is 0 Å². The van der Waals surface area contributed by atoms with Crippen molar-refractivity contribution in [3.63, 3.8) is 0 Å². The van der Waals surface area contributed by atoms with Crippen LogP contribution in [0, 0.1) is 23.5 Å². The number of aromatic nitrogens is 4. The van der Waals surface area contributed by atoms with E-state index in [-0.39, 0.29) is 35.3 Å². The maximum absolute atomic E-state index is 15.2. The predicted molar refractivity (Wildman–Crippen MR) is 128 cm³/mol. The van der Waals surface area contributed by atoms with Crippen LogP contribution in [-0.2, 0) is 4.74 Å². The standard InChI is InChI=1S/C22H21BrF2N6O2S/c1-34-15-2-3-17(16(24)4-15)30-20-18(25)21(29-11-28-20)33-19-12-7-31(8-13(19)10-32-9-12)22-26-5-14(23)6-27-22/h2-6,11-13,19H,7-10H2,1H3,(H,28,29,30). The third-order valence-corrected chi connectivity index (χ3v) is 6.96. The van der Waals surface area contributed by atoms with Gasteiger partial charge in [0.25, 0.3) is 5.88 Å². The molecule has 1 N–H and O–H groups in total. The van der Waals surface area contributed by atoms with Gasteiger partial charge < -0.3 is 19.7 Å². The molecule has 0 saturated carbocycles. The van der Waals surface area contributed by atoms with Crippen molar-refractivity contribution in [2.75, 3.05) is 42.8 Å². The smallest absolute Gasteiger partial charge is 0.256 e. The van der Waals surface area contributed by atoms with Gasteiger partial charge in [0, 0.05) is 42.2 Å². The third-order valence-electron chi connectivity index (χ3n) is 5.83. The van der Waals surface area contributed by atoms with Gasteiger partial charge in [-0.25, -0.2) is 19.3 Å². The van der Waals surface area contributed by atoms with E-state index in [1.807, 2.05) is 6.26 Å². The maximum Gasteiger partial charge on any atom is 0.256 e. The molecule has 2 atom stereocenters. The summed E-state index contributed by atoms with van der Waals surface area (Å²) in [6.07, 6.45) is 6.17. The van der Waals surface area contributed by atoms with E-state index in [0.29, 0.717) is 32.3 Å². The second kappa shape index (κ2) is 9.96. The monoisotopic (exact) mass is 550 g/mol. The lowest BCUT2D eigenvalue weighted by molar-refractivity contribution is -0.0780. The number of halogens is 3. The lowest BCUT2D eigenvalue weighted by Crippen LogP contribution is -2.58. The largest absolute Gasteiger partial charge is 0.471 e. The number of rotatable bonds is 6. The Balaban J connectivity index is 1.33. The molecule has 12 heteroatoms. The molecule has 2 aliphatic rings. The minimum atomic E-state index is -0.770. The SMILES string of the molecule is CSc1ccc(Nc2ncnc(OC3C4COCC3CN(c3ncc(Br)cn3)C4)c2F)c(F)c1. The third kappa shape index (κ3) is 4.80. The highest BCUT2D eigenvalue weighted by Gasteiger charge is 2.43. The first kappa shape index (κ1) is 23.2. The van der Waals surface area contributed by atoms with Crippen molar-refractivity contribution in [3.8, 4) is 5.88 Å². The molecule has 1 aromatic carbocycles. The predicted octanol–water partition coefficient (Wildman–Crippen LogP) is 4.30. The molecule has 2 saturated heterocycles. The molecule has 2 bridgehead atoms. The van der Waals surface area contributed by atoms with Crippen LogP contribution >= 0.6 is 27.7 Å². The topological polar surface area (TPSA) is 85.3 Å². The van der Waals surface area contributed by atoms with Crippen LogP contribution in [0.3, 0.4) is 0 Å². The van der Waals surface area contributed by atoms with Gasteiger partial charge in [-0.3, -0.25) is 0 Å². The van der Waals surface area contributed by atoms with Gasteiger partial charge in [0.15, 0.2) is 5.82 Å². The molecule has 5 rings (SSSR count). The Morgan fingerprint density at radius 1 is 1.12 bits per heavy atom. The zero-order valence-electron chi connectivity index (χ0n) is 18.1. The summed E-state index contributed by atoms with van der Waals surface area (Å²) in [6, 6.07) is 4.68. The number of nitrogens with zero attached hydrogens (tertiary/aromatic N) is 5. The molecule has 8 nitrogen and oxygen atoms in total. The summed E-state index contributed by atoms with van der Waals surface area (Å²) in [7, 11) is 0. The molecule has 0 aliphatic carbocycles. The highest BCUT2D eigenvalue weighted by atomic mass is 79.9. The van der Waals surface area contributed by atoms with E-state index >= 15 is 4.39 Å². The van der Waals surface area contributed by atoms with Crippen molar-refractivity contribution in [3.05, 3.63) is 53.0 Å². The molecule has 4 heterocycles. The maximum atomic E-state index is 15.2. The van der Waals surface area contributed by atoms with Crippen molar-refractivity contribution in [2.45, 2.75) is 11.0 Å². The van der Waals surface area contributed by atoms with Crippen LogP contribution in [0.25, 0.3) is 0 Å². The van der Waals surface area contributed by atoms with Crippen molar-refractivity contribution >= 4 is 45.1 Å². The van der Waals surface area contributed by atoms with Crippen LogP contribution in [0.15, 0.2) is 46.3 Å². The van der Waals surface area contributed by atoms with E-state index in [1.54, 1.807) is 24.5 Å². The van der Waals surface area contributed by atoms with Crippen molar-refractivity contribution < 1.29 is 18.3 Å². The first-order valence-electron chi connectivity index (χ1n) is 10.6. The Morgan fingerprint density at radius 2 is 1.85 bits per heavy atom. The average molecular weight is 551 g/mol. The van der Waals surface area contributed by atoms with Crippen molar-refractivity contribution in [2.24, 2.45) is 11.8 Å². The zero-order chi connectivity index (χ0) is 23.7. The number of hydrogen-bond donors (Lipinski definition) is 1. The fourth-order valence-corrected chi connectivity index (χ4v) is 4.86. The average Bonchev–Trinajstić information content (AvgIpc) is 2.83. The van der Waals surface area contributed by atoms with Gasteiger partial charge in [-0.05, 0) is 40.4 Å². The van der Waals surface area contributed by atoms with Crippen LogP contribution < -0.4 is 15.0 Å². The summed E-state index contributed by atoms with van der Waals surface area (Å²) >= 11 is 4.77. The molecule has 178 valence electrons. The first-order chi connectivity index (χ1) is 16.5. The molecule has 2 fully saturated rings. The normalized spacial score (nSPS) is 21.9. The van der Waals surface area contributed by atoms with Crippen LogP contribution in [0.2, 0.25) is 0 Å². The molecule has 0 radical (unpaired) electrons. The van der Waals surface area contributed by atoms with Gasteiger partial charge in [0.2, 0.25) is 11.8 Å². The number of hydrogen-bond acceptors (Lipinski definition) is 9. The van der Waals surface area contributed by atoms with E-state index in [2.05, 4.69) is 46.1 Å². The molecule has 0 spiro atoms. The molecule has 0 amide bonds. The number of benzene rings is 1. The van der Waals surface area contributed by atoms with E-state index < -0.39 is 11.6 Å². The highest BCUT2D eigenvalue weighted by molar-refractivity contribution is 9.10. The summed E-state index contributed by atoms with van der Waals surface area (Å²) in [5.74, 6) is -1.01. The summed E-state index contributed by atoms with van der Waals surface area (Å²) in [4.78, 5) is 19.6. The van der Waals surface area contributed by atoms with Crippen LogP contribution in [0.4, 0.5) is 26.2 Å². The molecular weight excluding hydrogens is 530 g/mol. The number of ether oxygens (including phenoxy) is 2. The van der Waals surface area contributed by atoms with E-state index in [9.17, 15) is 4.39 Å². The second-order valence-corrected chi connectivity index (χ2v) is 9.85. The first-order valence-corrected chi connectivity index (χ1v) is 12.6. The fourth-order valence-electron chi connectivity index (χ4n) is 4.23. The summed E-state index contributed by atoms with van der Waals surface area (Å²) < 4.78 is 42.2. The van der Waals surface area contributed by atoms with Crippen molar-refractivity contribution in [1.82, 2.24) is 19.9 Å². The Kier molecular flexibility index (Phi) is 6.79. The van der Waals surface area contributed by atoms with Gasteiger partial charge in [-0.2, -0.15) is 9.37 Å². The number of thioether (sulfide) groups is 1. The fraction of sp³-hybridized carbons (Fsp3) is 0.364. The van der Waals surface area contributed by atoms with Gasteiger partial charge in [-0.15, -0.1) is 11.8 Å². The Bertz CT molecular complexity index is 1160. The van der Waals surface area contributed by atoms with E-state index in [1.165, 1.54) is 24.2 Å². The summed E-state index contributed by atoms with van der Waals surface area (Å²) in [5.41, 5.74) is 0.120. The van der Waals surface area contributed by atoms with Gasteiger partial charge >= 0.3 is 0 Å². The molecular formula is C22H21BrF2N6O2S. The lowest BCUT2D eigenvalue weighted by Gasteiger charge is -2.46. The minimum Gasteiger partial charge on any atom is -0.471 e. The number of piperidine rings is 1. The van der Waals surface area contributed by atoms with Gasteiger partial charge in [-0.1, -0.05) is 0 Å². The Labute approximate surface area is 207 Å². The van der Waals surface area contributed by atoms with Gasteiger partial charge in [0.1, 0.15) is 18.2 Å². The van der Waals surface area contributed by atoms with E-state index in [4.69, 9.17) is 9.47 Å². The summed E-state index contributed by atoms with van der Waals surface area (Å²) in [6.45, 7) is 2.15. The Hall–Kier alpha value is -2.57. The number of nitrogens with one attached hydrogen (secondary N) is 1. The van der Waals surface area contributed by atoms with Crippen LogP contribution in [-0.4, -0.2) is 58.6 Å². The number of anilines is 3. The van der Waals surface area contributed by atoms with Crippen LogP contribution in [0.1, 0.15) is 0 Å². The molecule has 34 heavy (non-hydrogen) atoms. The van der Waals surface area contributed by atoms with Crippen LogP contribution in [0.5, 0.6) is 5.88 Å².